The largest absolute Gasteiger partial charge is 0.479 e. The molecular weight excluding hydrogens is 324 g/mol. The van der Waals surface area contributed by atoms with Crippen LogP contribution in [-0.4, -0.2) is 53.2 Å². The number of hydrogen-bond acceptors (Lipinski definition) is 5. The first kappa shape index (κ1) is 17.1. The van der Waals surface area contributed by atoms with Gasteiger partial charge >= 0.3 is 0 Å². The van der Waals surface area contributed by atoms with Gasteiger partial charge in [0.1, 0.15) is 11.8 Å². The van der Waals surface area contributed by atoms with E-state index in [0.29, 0.717) is 42.6 Å². The maximum Gasteiger partial charge on any atom is 0.258 e. The molecule has 2 aromatic rings. The Kier molecular flexibility index (Phi) is 5.06. The van der Waals surface area contributed by atoms with Gasteiger partial charge in [0, 0.05) is 32.9 Å². The number of carbonyl (C=O) groups excluding carboxylic acids is 2. The summed E-state index contributed by atoms with van der Waals surface area (Å²) >= 11 is 0. The summed E-state index contributed by atoms with van der Waals surface area (Å²) in [6.07, 6.45) is 6.32. The van der Waals surface area contributed by atoms with Crippen LogP contribution in [0.5, 0.6) is 5.88 Å². The van der Waals surface area contributed by atoms with Crippen molar-refractivity contribution in [2.45, 2.75) is 12.8 Å². The van der Waals surface area contributed by atoms with Crippen molar-refractivity contribution < 1.29 is 18.7 Å². The van der Waals surface area contributed by atoms with Crippen LogP contribution in [0, 0.1) is 5.92 Å². The van der Waals surface area contributed by atoms with Crippen LogP contribution < -0.4 is 10.1 Å². The van der Waals surface area contributed by atoms with Gasteiger partial charge in [0.2, 0.25) is 5.88 Å². The van der Waals surface area contributed by atoms with Crippen LogP contribution >= 0.6 is 0 Å². The Balaban J connectivity index is 1.48. The number of carbonyl (C=O) groups is 2. The average Bonchev–Trinajstić information content (AvgIpc) is 3.29. The average molecular weight is 346 g/mol. The van der Waals surface area contributed by atoms with Crippen LogP contribution in [0.25, 0.3) is 0 Å². The van der Waals surface area contributed by atoms with Crippen molar-refractivity contribution in [1.29, 1.82) is 0 Å². The number of aromatic nitrogens is 2. The summed E-state index contributed by atoms with van der Waals surface area (Å²) in [5.41, 5.74) is 1.01. The lowest BCUT2D eigenvalue weighted by molar-refractivity contribution is 0.0683. The monoisotopic (exact) mass is 346 g/mol. The fourth-order valence-corrected chi connectivity index (χ4v) is 3.02. The molecule has 2 amide bonds. The van der Waals surface area contributed by atoms with Crippen LogP contribution in [0.4, 0.5) is 0 Å². The van der Waals surface area contributed by atoms with Crippen LogP contribution in [0.3, 0.4) is 0 Å². The number of likely N-dealkylation sites (tertiary alicyclic amines) is 1. The van der Waals surface area contributed by atoms with E-state index in [4.69, 9.17) is 9.15 Å². The van der Waals surface area contributed by atoms with E-state index in [1.54, 1.807) is 24.0 Å². The van der Waals surface area contributed by atoms with Crippen molar-refractivity contribution in [2.24, 2.45) is 13.0 Å². The summed E-state index contributed by atoms with van der Waals surface area (Å²) in [6.45, 7) is 1.94. The highest BCUT2D eigenvalue weighted by Crippen LogP contribution is 2.19. The Labute approximate surface area is 145 Å². The first-order chi connectivity index (χ1) is 12.1. The molecule has 1 aliphatic heterocycles. The second-order valence-corrected chi connectivity index (χ2v) is 6.18. The molecule has 3 heterocycles. The number of nitrogens with zero attached hydrogens (tertiary/aromatic N) is 3. The van der Waals surface area contributed by atoms with Crippen molar-refractivity contribution in [3.63, 3.8) is 0 Å². The number of amides is 2. The van der Waals surface area contributed by atoms with Gasteiger partial charge in [-0.1, -0.05) is 0 Å². The number of ether oxygens (including phenoxy) is 1. The first-order valence-corrected chi connectivity index (χ1v) is 8.25. The van der Waals surface area contributed by atoms with Gasteiger partial charge in [-0.25, -0.2) is 0 Å². The van der Waals surface area contributed by atoms with E-state index in [9.17, 15) is 9.59 Å². The lowest BCUT2D eigenvalue weighted by atomic mass is 9.96. The van der Waals surface area contributed by atoms with Crippen molar-refractivity contribution in [3.05, 3.63) is 35.9 Å². The minimum atomic E-state index is -0.193. The van der Waals surface area contributed by atoms with E-state index in [-0.39, 0.29) is 11.8 Å². The third kappa shape index (κ3) is 3.84. The third-order valence-electron chi connectivity index (χ3n) is 4.45. The summed E-state index contributed by atoms with van der Waals surface area (Å²) in [5.74, 6) is 0.471. The first-order valence-electron chi connectivity index (χ1n) is 8.25. The van der Waals surface area contributed by atoms with E-state index in [0.717, 1.165) is 12.8 Å². The van der Waals surface area contributed by atoms with E-state index in [1.165, 1.54) is 19.6 Å². The molecule has 2 aromatic heterocycles. The molecule has 3 rings (SSSR count). The fourth-order valence-electron chi connectivity index (χ4n) is 3.02. The molecule has 0 bridgehead atoms. The molecule has 134 valence electrons. The van der Waals surface area contributed by atoms with E-state index in [1.807, 2.05) is 4.90 Å². The molecule has 0 saturated carbocycles. The third-order valence-corrected chi connectivity index (χ3v) is 4.45. The van der Waals surface area contributed by atoms with Gasteiger partial charge in [0.05, 0.1) is 18.9 Å². The molecule has 8 heteroatoms. The maximum atomic E-state index is 12.3. The molecule has 0 atom stereocenters. The fraction of sp³-hybridized carbons (Fsp3) is 0.471. The molecular formula is C17H22N4O4. The number of hydrogen-bond donors (Lipinski definition) is 1. The van der Waals surface area contributed by atoms with Gasteiger partial charge in [-0.2, -0.15) is 0 Å². The van der Waals surface area contributed by atoms with Gasteiger partial charge in [-0.05, 0) is 24.8 Å². The highest BCUT2D eigenvalue weighted by atomic mass is 16.5. The van der Waals surface area contributed by atoms with Crippen molar-refractivity contribution in [2.75, 3.05) is 26.7 Å². The van der Waals surface area contributed by atoms with E-state index >= 15 is 0 Å². The Morgan fingerprint density at radius 1 is 1.40 bits per heavy atom. The van der Waals surface area contributed by atoms with Crippen LogP contribution in [0.2, 0.25) is 0 Å². The number of nitrogens with one attached hydrogen (secondary N) is 1. The predicted molar refractivity (Wildman–Crippen MR) is 89.4 cm³/mol. The second kappa shape index (κ2) is 7.42. The van der Waals surface area contributed by atoms with Crippen LogP contribution in [0.15, 0.2) is 29.2 Å². The molecule has 8 nitrogen and oxygen atoms in total. The molecule has 0 aromatic carbocycles. The topological polar surface area (TPSA) is 89.6 Å². The maximum absolute atomic E-state index is 12.3. The number of aryl methyl sites for hydroxylation is 1. The predicted octanol–water partition coefficient (Wildman–Crippen LogP) is 1.30. The van der Waals surface area contributed by atoms with Gasteiger partial charge in [-0.3, -0.25) is 14.3 Å². The molecule has 0 aliphatic carbocycles. The van der Waals surface area contributed by atoms with Crippen LogP contribution in [-0.2, 0) is 7.05 Å². The van der Waals surface area contributed by atoms with E-state index < -0.39 is 0 Å². The zero-order valence-corrected chi connectivity index (χ0v) is 14.4. The lowest BCUT2D eigenvalue weighted by Crippen LogP contribution is -2.41. The number of rotatable bonds is 5. The second-order valence-electron chi connectivity index (χ2n) is 6.18. The number of furan rings is 1. The summed E-state index contributed by atoms with van der Waals surface area (Å²) in [4.78, 5) is 26.4. The highest BCUT2D eigenvalue weighted by Gasteiger charge is 2.25. The Morgan fingerprint density at radius 2 is 2.16 bits per heavy atom. The molecule has 1 fully saturated rings. The van der Waals surface area contributed by atoms with Crippen molar-refractivity contribution in [1.82, 2.24) is 20.0 Å². The zero-order chi connectivity index (χ0) is 17.8. The van der Waals surface area contributed by atoms with Gasteiger partial charge in [-0.15, -0.1) is 5.10 Å². The van der Waals surface area contributed by atoms with Gasteiger partial charge < -0.3 is 19.4 Å². The van der Waals surface area contributed by atoms with Crippen molar-refractivity contribution >= 4 is 11.8 Å². The Morgan fingerprint density at radius 3 is 2.80 bits per heavy atom. The normalized spacial score (nSPS) is 15.2. The summed E-state index contributed by atoms with van der Waals surface area (Å²) in [7, 11) is 3.23. The highest BCUT2D eigenvalue weighted by molar-refractivity contribution is 5.96. The van der Waals surface area contributed by atoms with Crippen LogP contribution in [0.1, 0.15) is 33.6 Å². The van der Waals surface area contributed by atoms with Crippen molar-refractivity contribution in [3.8, 4) is 5.88 Å². The molecule has 1 N–H and O–H groups in total. The molecule has 25 heavy (non-hydrogen) atoms. The SMILES string of the molecule is COc1nn(C)cc1C(=O)NCC1CCN(C(=O)c2ccoc2)CC1. The minimum Gasteiger partial charge on any atom is -0.479 e. The summed E-state index contributed by atoms with van der Waals surface area (Å²) < 4.78 is 11.6. The standard InChI is InChI=1S/C17H22N4O4/c1-20-10-14(16(19-20)24-2)15(22)18-9-12-3-6-21(7-4-12)17(23)13-5-8-25-11-13/h5,8,10-12H,3-4,6-7,9H2,1-2H3,(H,18,22). The molecule has 0 unspecified atom stereocenters. The van der Waals surface area contributed by atoms with Gasteiger partial charge in [0.15, 0.2) is 0 Å². The van der Waals surface area contributed by atoms with Gasteiger partial charge in [0.25, 0.3) is 11.8 Å². The molecule has 0 spiro atoms. The smallest absolute Gasteiger partial charge is 0.258 e. The molecule has 1 saturated heterocycles. The number of piperidine rings is 1. The molecule has 0 radical (unpaired) electrons. The Hall–Kier alpha value is -2.77. The van der Waals surface area contributed by atoms with E-state index in [2.05, 4.69) is 10.4 Å². The Bertz CT molecular complexity index is 730. The summed E-state index contributed by atoms with van der Waals surface area (Å²) in [6, 6.07) is 1.68. The quantitative estimate of drug-likeness (QED) is 0.881. The summed E-state index contributed by atoms with van der Waals surface area (Å²) in [5, 5.41) is 7.02. The lowest BCUT2D eigenvalue weighted by Gasteiger charge is -2.31. The molecule has 1 aliphatic rings. The zero-order valence-electron chi connectivity index (χ0n) is 14.4. The minimum absolute atomic E-state index is 0.00340. The number of methoxy groups -OCH3 is 1.